The van der Waals surface area contributed by atoms with Gasteiger partial charge in [0.2, 0.25) is 0 Å². The van der Waals surface area contributed by atoms with E-state index in [-0.39, 0.29) is 0 Å². The first-order valence-corrected chi connectivity index (χ1v) is 12.3. The molecule has 26 heavy (non-hydrogen) atoms. The zero-order chi connectivity index (χ0) is 19.8. The molecule has 0 unspecified atom stereocenters. The summed E-state index contributed by atoms with van der Waals surface area (Å²) < 4.78 is 0. The van der Waals surface area contributed by atoms with E-state index in [1.54, 1.807) is 0 Å². The van der Waals surface area contributed by atoms with Gasteiger partial charge in [-0.15, -0.1) is 0 Å². The molecule has 0 rings (SSSR count). The van der Waals surface area contributed by atoms with Crippen LogP contribution in [-0.4, -0.2) is 0 Å². The molecule has 0 bridgehead atoms. The van der Waals surface area contributed by atoms with Gasteiger partial charge in [-0.25, -0.2) is 0 Å². The normalized spacial score (nSPS) is 16.6. The van der Waals surface area contributed by atoms with E-state index in [1.165, 1.54) is 89.9 Å². The maximum Gasteiger partial charge on any atom is -0.0443 e. The minimum Gasteiger partial charge on any atom is -0.0654 e. The molecule has 0 fully saturated rings. The molecule has 0 spiro atoms. The lowest BCUT2D eigenvalue weighted by Crippen LogP contribution is -2.02. The van der Waals surface area contributed by atoms with Gasteiger partial charge in [0.1, 0.15) is 0 Å². The molecule has 0 heterocycles. The van der Waals surface area contributed by atoms with Gasteiger partial charge >= 0.3 is 0 Å². The Morgan fingerprint density at radius 3 is 0.923 bits per heavy atom. The molecular weight excluding hydrogens is 312 g/mol. The van der Waals surface area contributed by atoms with Crippen molar-refractivity contribution in [3.8, 4) is 0 Å². The van der Waals surface area contributed by atoms with E-state index in [1.807, 2.05) is 0 Å². The summed E-state index contributed by atoms with van der Waals surface area (Å²) in [6.45, 7) is 16.9. The zero-order valence-electron chi connectivity index (χ0n) is 19.8. The van der Waals surface area contributed by atoms with Crippen molar-refractivity contribution in [1.29, 1.82) is 0 Å². The average molecular weight is 367 g/mol. The maximum atomic E-state index is 2.49. The average Bonchev–Trinajstić information content (AvgIpc) is 2.54. The van der Waals surface area contributed by atoms with Gasteiger partial charge in [0, 0.05) is 0 Å². The van der Waals surface area contributed by atoms with Gasteiger partial charge < -0.3 is 0 Å². The van der Waals surface area contributed by atoms with Gasteiger partial charge in [0.15, 0.2) is 0 Å². The molecule has 0 heteroatoms. The van der Waals surface area contributed by atoms with Gasteiger partial charge in [0.25, 0.3) is 0 Å². The molecule has 158 valence electrons. The fraction of sp³-hybridized carbons (Fsp3) is 1.00. The van der Waals surface area contributed by atoms with Crippen molar-refractivity contribution < 1.29 is 0 Å². The summed E-state index contributed by atoms with van der Waals surface area (Å²) in [5.41, 5.74) is 0. The van der Waals surface area contributed by atoms with Crippen LogP contribution in [0.3, 0.4) is 0 Å². The Morgan fingerprint density at radius 1 is 0.385 bits per heavy atom. The third kappa shape index (κ3) is 17.4. The summed E-state index contributed by atoms with van der Waals surface area (Å²) in [4.78, 5) is 0. The predicted octanol–water partition coefficient (Wildman–Crippen LogP) is 9.67. The quantitative estimate of drug-likeness (QED) is 0.226. The monoisotopic (exact) mass is 366 g/mol. The van der Waals surface area contributed by atoms with Crippen LogP contribution in [0.2, 0.25) is 0 Å². The summed E-state index contributed by atoms with van der Waals surface area (Å²) in [5, 5.41) is 0. The highest BCUT2D eigenvalue weighted by molar-refractivity contribution is 4.62. The lowest BCUT2D eigenvalue weighted by Gasteiger charge is -2.17. The van der Waals surface area contributed by atoms with Gasteiger partial charge in [-0.05, 0) is 29.6 Å². The first-order valence-electron chi connectivity index (χ1n) is 12.3. The van der Waals surface area contributed by atoms with Gasteiger partial charge in [0.05, 0.1) is 0 Å². The minimum absolute atomic E-state index is 0.879. The van der Waals surface area contributed by atoms with Crippen LogP contribution in [0, 0.1) is 29.6 Å². The first-order chi connectivity index (χ1) is 12.3. The van der Waals surface area contributed by atoms with Crippen LogP contribution in [0.4, 0.5) is 0 Å². The van der Waals surface area contributed by atoms with Crippen molar-refractivity contribution in [3.63, 3.8) is 0 Å². The number of rotatable bonds is 18. The second-order valence-electron chi connectivity index (χ2n) is 10.3. The van der Waals surface area contributed by atoms with E-state index < -0.39 is 0 Å². The second-order valence-corrected chi connectivity index (χ2v) is 10.3. The molecule has 0 nitrogen and oxygen atoms in total. The van der Waals surface area contributed by atoms with Crippen molar-refractivity contribution in [2.45, 2.75) is 138 Å². The number of hydrogen-bond donors (Lipinski definition) is 0. The Morgan fingerprint density at radius 2 is 0.654 bits per heavy atom. The number of hydrogen-bond acceptors (Lipinski definition) is 0. The smallest absolute Gasteiger partial charge is 0.0443 e. The fourth-order valence-corrected chi connectivity index (χ4v) is 4.39. The third-order valence-corrected chi connectivity index (χ3v) is 6.44. The van der Waals surface area contributed by atoms with E-state index in [2.05, 4.69) is 48.5 Å². The summed E-state index contributed by atoms with van der Waals surface area (Å²) in [7, 11) is 0. The molecule has 0 aliphatic carbocycles. The molecule has 0 N–H and O–H groups in total. The lowest BCUT2D eigenvalue weighted by atomic mass is 9.89. The third-order valence-electron chi connectivity index (χ3n) is 6.44. The molecule has 0 aliphatic rings. The van der Waals surface area contributed by atoms with Gasteiger partial charge in [-0.2, -0.15) is 0 Å². The Labute approximate surface area is 168 Å². The standard InChI is InChI=1S/C26H54/c1-8-13-23(4)16-10-17-25(6)20-12-21-26(7)19-11-18-24(5)15-9-14-22(2)3/h22-26H,8-21H2,1-7H3/t23-,24-,25-,26+/m0/s1. The summed E-state index contributed by atoms with van der Waals surface area (Å²) in [6, 6.07) is 0. The van der Waals surface area contributed by atoms with E-state index in [9.17, 15) is 0 Å². The Hall–Kier alpha value is 0. The highest BCUT2D eigenvalue weighted by Gasteiger charge is 2.09. The predicted molar refractivity (Wildman–Crippen MR) is 122 cm³/mol. The van der Waals surface area contributed by atoms with Crippen molar-refractivity contribution in [2.75, 3.05) is 0 Å². The van der Waals surface area contributed by atoms with Crippen LogP contribution in [0.15, 0.2) is 0 Å². The Balaban J connectivity index is 3.53. The van der Waals surface area contributed by atoms with E-state index >= 15 is 0 Å². The largest absolute Gasteiger partial charge is 0.0654 e. The molecule has 0 amide bonds. The summed E-state index contributed by atoms with van der Waals surface area (Å²) in [5.74, 6) is 4.65. The van der Waals surface area contributed by atoms with Crippen LogP contribution in [-0.2, 0) is 0 Å². The lowest BCUT2D eigenvalue weighted by molar-refractivity contribution is 0.365. The molecule has 4 atom stereocenters. The van der Waals surface area contributed by atoms with Crippen LogP contribution in [0.1, 0.15) is 138 Å². The van der Waals surface area contributed by atoms with Crippen LogP contribution >= 0.6 is 0 Å². The molecule has 0 aromatic carbocycles. The molecule has 0 radical (unpaired) electrons. The Bertz CT molecular complexity index is 280. The summed E-state index contributed by atoms with van der Waals surface area (Å²) >= 11 is 0. The minimum atomic E-state index is 0.879. The van der Waals surface area contributed by atoms with Crippen LogP contribution < -0.4 is 0 Å². The van der Waals surface area contributed by atoms with Crippen molar-refractivity contribution in [2.24, 2.45) is 29.6 Å². The van der Waals surface area contributed by atoms with Crippen molar-refractivity contribution in [3.05, 3.63) is 0 Å². The second kappa shape index (κ2) is 17.1. The van der Waals surface area contributed by atoms with E-state index in [0.717, 1.165) is 29.6 Å². The van der Waals surface area contributed by atoms with Crippen molar-refractivity contribution in [1.82, 2.24) is 0 Å². The fourth-order valence-electron chi connectivity index (χ4n) is 4.39. The first kappa shape index (κ1) is 26.0. The highest BCUT2D eigenvalue weighted by atomic mass is 14.1. The van der Waals surface area contributed by atoms with Crippen LogP contribution in [0.5, 0.6) is 0 Å². The summed E-state index contributed by atoms with van der Waals surface area (Å²) in [6.07, 6.45) is 20.1. The van der Waals surface area contributed by atoms with Gasteiger partial charge in [-0.3, -0.25) is 0 Å². The van der Waals surface area contributed by atoms with E-state index in [4.69, 9.17) is 0 Å². The van der Waals surface area contributed by atoms with E-state index in [0.29, 0.717) is 0 Å². The van der Waals surface area contributed by atoms with Crippen LogP contribution in [0.25, 0.3) is 0 Å². The molecular formula is C26H54. The zero-order valence-corrected chi connectivity index (χ0v) is 19.8. The SMILES string of the molecule is CCC[C@H](C)CCC[C@H](C)CCC[C@H](C)CCC[C@@H](C)CCCC(C)C. The molecule has 0 saturated heterocycles. The molecule has 0 aliphatic heterocycles. The van der Waals surface area contributed by atoms with Gasteiger partial charge in [-0.1, -0.05) is 138 Å². The highest BCUT2D eigenvalue weighted by Crippen LogP contribution is 2.24. The molecule has 0 saturated carbocycles. The van der Waals surface area contributed by atoms with Crippen molar-refractivity contribution >= 4 is 0 Å². The maximum absolute atomic E-state index is 2.49. The molecule has 0 aromatic rings. The topological polar surface area (TPSA) is 0 Å². The molecule has 0 aromatic heterocycles. The Kier molecular flexibility index (Phi) is 17.1.